The second kappa shape index (κ2) is 6.21. The maximum Gasteiger partial charge on any atom is 0.316 e. The maximum absolute atomic E-state index is 11.8. The molecule has 0 unspecified atom stereocenters. The molecule has 0 aromatic carbocycles. The number of thiophene rings is 1. The lowest BCUT2D eigenvalue weighted by Crippen LogP contribution is -2.11. The fourth-order valence-corrected chi connectivity index (χ4v) is 3.08. The van der Waals surface area contributed by atoms with Crippen LogP contribution in [0, 0.1) is 6.92 Å². The highest BCUT2D eigenvalue weighted by molar-refractivity contribution is 7.99. The second-order valence-corrected chi connectivity index (χ2v) is 6.15. The van der Waals surface area contributed by atoms with Gasteiger partial charge in [0.2, 0.25) is 0 Å². The third-order valence-corrected chi connectivity index (χ3v) is 4.09. The Balaban J connectivity index is 2.09. The zero-order chi connectivity index (χ0) is 13.8. The van der Waals surface area contributed by atoms with Crippen molar-refractivity contribution in [1.82, 2.24) is 9.97 Å². The SMILES string of the molecule is CCCOC(=O)CSc1nc2sc(C)cc2c(=O)[nH]1. The van der Waals surface area contributed by atoms with E-state index in [1.54, 1.807) is 0 Å². The molecule has 0 fully saturated rings. The summed E-state index contributed by atoms with van der Waals surface area (Å²) in [6.07, 6.45) is 0.798. The molecule has 7 heteroatoms. The van der Waals surface area contributed by atoms with Gasteiger partial charge in [0.15, 0.2) is 5.16 Å². The van der Waals surface area contributed by atoms with Crippen molar-refractivity contribution in [3.05, 3.63) is 21.3 Å². The van der Waals surface area contributed by atoms with Crippen LogP contribution in [0.4, 0.5) is 0 Å². The first-order valence-corrected chi connectivity index (χ1v) is 7.69. The average Bonchev–Trinajstić information content (AvgIpc) is 2.75. The van der Waals surface area contributed by atoms with Gasteiger partial charge in [-0.3, -0.25) is 9.59 Å². The molecule has 0 saturated carbocycles. The lowest BCUT2D eigenvalue weighted by atomic mass is 10.4. The fraction of sp³-hybridized carbons (Fsp3) is 0.417. The summed E-state index contributed by atoms with van der Waals surface area (Å²) < 4.78 is 4.96. The Hall–Kier alpha value is -1.34. The highest BCUT2D eigenvalue weighted by Crippen LogP contribution is 2.22. The van der Waals surface area contributed by atoms with Gasteiger partial charge < -0.3 is 9.72 Å². The van der Waals surface area contributed by atoms with E-state index in [1.807, 2.05) is 19.9 Å². The van der Waals surface area contributed by atoms with Crippen LogP contribution in [0.2, 0.25) is 0 Å². The smallest absolute Gasteiger partial charge is 0.316 e. The van der Waals surface area contributed by atoms with Crippen LogP contribution in [0.25, 0.3) is 10.2 Å². The number of thioether (sulfide) groups is 1. The molecule has 0 amide bonds. The number of hydrogen-bond donors (Lipinski definition) is 1. The number of ether oxygens (including phenoxy) is 1. The summed E-state index contributed by atoms with van der Waals surface area (Å²) in [5.74, 6) is -0.143. The van der Waals surface area contributed by atoms with E-state index in [1.165, 1.54) is 23.1 Å². The molecular weight excluding hydrogens is 284 g/mol. The van der Waals surface area contributed by atoms with Crippen molar-refractivity contribution in [2.45, 2.75) is 25.4 Å². The van der Waals surface area contributed by atoms with Crippen molar-refractivity contribution in [2.24, 2.45) is 0 Å². The van der Waals surface area contributed by atoms with Crippen LogP contribution in [-0.2, 0) is 9.53 Å². The Morgan fingerprint density at radius 1 is 1.58 bits per heavy atom. The first-order chi connectivity index (χ1) is 9.10. The van der Waals surface area contributed by atoms with E-state index in [9.17, 15) is 9.59 Å². The number of carbonyl (C=O) groups is 1. The first kappa shape index (κ1) is 14.1. The van der Waals surface area contributed by atoms with Gasteiger partial charge in [-0.05, 0) is 19.4 Å². The van der Waals surface area contributed by atoms with Gasteiger partial charge >= 0.3 is 5.97 Å². The Bertz CT molecular complexity index is 648. The van der Waals surface area contributed by atoms with Gasteiger partial charge in [0.05, 0.1) is 17.7 Å². The molecule has 0 aliphatic carbocycles. The highest BCUT2D eigenvalue weighted by Gasteiger charge is 2.09. The molecule has 5 nitrogen and oxygen atoms in total. The molecule has 2 aromatic rings. The summed E-state index contributed by atoms with van der Waals surface area (Å²) in [4.78, 5) is 31.9. The average molecular weight is 298 g/mol. The molecule has 0 spiro atoms. The molecule has 0 atom stereocenters. The van der Waals surface area contributed by atoms with Crippen LogP contribution in [0.5, 0.6) is 0 Å². The monoisotopic (exact) mass is 298 g/mol. The van der Waals surface area contributed by atoms with E-state index in [-0.39, 0.29) is 17.3 Å². The molecule has 0 bridgehead atoms. The molecule has 1 N–H and O–H groups in total. The van der Waals surface area contributed by atoms with Crippen LogP contribution >= 0.6 is 23.1 Å². The first-order valence-electron chi connectivity index (χ1n) is 5.89. The van der Waals surface area contributed by atoms with Crippen molar-refractivity contribution >= 4 is 39.3 Å². The topological polar surface area (TPSA) is 72.0 Å². The van der Waals surface area contributed by atoms with Crippen molar-refractivity contribution in [2.75, 3.05) is 12.4 Å². The van der Waals surface area contributed by atoms with Crippen molar-refractivity contribution in [3.63, 3.8) is 0 Å². The number of fused-ring (bicyclic) bond motifs is 1. The molecule has 102 valence electrons. The van der Waals surface area contributed by atoms with Gasteiger partial charge in [-0.15, -0.1) is 11.3 Å². The molecule has 0 aliphatic rings. The minimum atomic E-state index is -0.294. The molecule has 0 radical (unpaired) electrons. The van der Waals surface area contributed by atoms with Gasteiger partial charge in [0.1, 0.15) is 4.83 Å². The predicted octanol–water partition coefficient (Wildman–Crippen LogP) is 2.34. The quantitative estimate of drug-likeness (QED) is 0.521. The molecular formula is C12H14N2O3S2. The van der Waals surface area contributed by atoms with E-state index in [0.717, 1.165) is 11.3 Å². The van der Waals surface area contributed by atoms with Gasteiger partial charge in [-0.25, -0.2) is 4.98 Å². The summed E-state index contributed by atoms with van der Waals surface area (Å²) in [7, 11) is 0. The van der Waals surface area contributed by atoms with E-state index in [2.05, 4.69) is 9.97 Å². The lowest BCUT2D eigenvalue weighted by molar-refractivity contribution is -0.140. The number of hydrogen-bond acceptors (Lipinski definition) is 6. The van der Waals surface area contributed by atoms with Crippen LogP contribution < -0.4 is 5.56 Å². The fourth-order valence-electron chi connectivity index (χ4n) is 1.49. The Morgan fingerprint density at radius 2 is 2.37 bits per heavy atom. The molecule has 2 heterocycles. The molecule has 19 heavy (non-hydrogen) atoms. The summed E-state index contributed by atoms with van der Waals surface area (Å²) >= 11 is 2.65. The Kier molecular flexibility index (Phi) is 4.60. The van der Waals surface area contributed by atoms with E-state index in [0.29, 0.717) is 22.0 Å². The van der Waals surface area contributed by atoms with Crippen LogP contribution in [-0.4, -0.2) is 28.3 Å². The number of aromatic amines is 1. The number of nitrogens with one attached hydrogen (secondary N) is 1. The van der Waals surface area contributed by atoms with E-state index in [4.69, 9.17) is 4.74 Å². The zero-order valence-corrected chi connectivity index (χ0v) is 12.3. The minimum absolute atomic E-state index is 0.152. The van der Waals surface area contributed by atoms with Crippen LogP contribution in [0.1, 0.15) is 18.2 Å². The third-order valence-electron chi connectivity index (χ3n) is 2.30. The van der Waals surface area contributed by atoms with Crippen LogP contribution in [0.3, 0.4) is 0 Å². The number of carbonyl (C=O) groups excluding carboxylic acids is 1. The normalized spacial score (nSPS) is 10.8. The predicted molar refractivity (Wildman–Crippen MR) is 77.0 cm³/mol. The number of nitrogens with zero attached hydrogens (tertiary/aromatic N) is 1. The van der Waals surface area contributed by atoms with E-state index < -0.39 is 0 Å². The van der Waals surface area contributed by atoms with Gasteiger partial charge in [0, 0.05) is 4.88 Å². The Labute approximate surface area is 118 Å². The van der Waals surface area contributed by atoms with Crippen molar-refractivity contribution in [3.8, 4) is 0 Å². The molecule has 0 aliphatic heterocycles. The summed E-state index contributed by atoms with van der Waals surface area (Å²) in [6, 6.07) is 1.82. The second-order valence-electron chi connectivity index (χ2n) is 3.96. The van der Waals surface area contributed by atoms with Gasteiger partial charge in [-0.1, -0.05) is 18.7 Å². The molecule has 2 aromatic heterocycles. The lowest BCUT2D eigenvalue weighted by Gasteiger charge is -2.02. The number of aryl methyl sites for hydroxylation is 1. The Morgan fingerprint density at radius 3 is 3.11 bits per heavy atom. The third kappa shape index (κ3) is 3.57. The van der Waals surface area contributed by atoms with E-state index >= 15 is 0 Å². The zero-order valence-electron chi connectivity index (χ0n) is 10.7. The number of rotatable bonds is 5. The summed E-state index contributed by atoms with van der Waals surface area (Å²) in [5.41, 5.74) is -0.168. The van der Waals surface area contributed by atoms with Gasteiger partial charge in [-0.2, -0.15) is 0 Å². The number of esters is 1. The minimum Gasteiger partial charge on any atom is -0.465 e. The van der Waals surface area contributed by atoms with Crippen LogP contribution in [0.15, 0.2) is 16.0 Å². The largest absolute Gasteiger partial charge is 0.465 e. The van der Waals surface area contributed by atoms with Crippen molar-refractivity contribution in [1.29, 1.82) is 0 Å². The van der Waals surface area contributed by atoms with Gasteiger partial charge in [0.25, 0.3) is 5.56 Å². The standard InChI is InChI=1S/C12H14N2O3S2/c1-3-4-17-9(15)6-18-12-13-10(16)8-5-7(2)19-11(8)14-12/h5H,3-4,6H2,1-2H3,(H,13,14,16). The molecule has 2 rings (SSSR count). The summed E-state index contributed by atoms with van der Waals surface area (Å²) in [6.45, 7) is 4.29. The molecule has 0 saturated heterocycles. The summed E-state index contributed by atoms with van der Waals surface area (Å²) in [5, 5.41) is 1.05. The maximum atomic E-state index is 11.8. The van der Waals surface area contributed by atoms with Crippen molar-refractivity contribution < 1.29 is 9.53 Å². The number of aromatic nitrogens is 2. The highest BCUT2D eigenvalue weighted by atomic mass is 32.2. The number of H-pyrrole nitrogens is 1.